The van der Waals surface area contributed by atoms with Crippen LogP contribution < -0.4 is 15.0 Å². The third-order valence-electron chi connectivity index (χ3n) is 3.42. The van der Waals surface area contributed by atoms with Crippen molar-refractivity contribution in [2.24, 2.45) is 0 Å². The smallest absolute Gasteiger partial charge is 0.322 e. The molecule has 2 heterocycles. The van der Waals surface area contributed by atoms with Crippen LogP contribution >= 0.6 is 0 Å². The number of aromatic nitrogens is 3. The molecule has 0 saturated carbocycles. The molecule has 0 aliphatic carbocycles. The van der Waals surface area contributed by atoms with E-state index in [9.17, 15) is 0 Å². The lowest BCUT2D eigenvalue weighted by atomic mass is 10.3. The van der Waals surface area contributed by atoms with Gasteiger partial charge in [0.25, 0.3) is 0 Å². The van der Waals surface area contributed by atoms with Gasteiger partial charge in [0.15, 0.2) is 0 Å². The summed E-state index contributed by atoms with van der Waals surface area (Å²) in [7, 11) is 3.73. The van der Waals surface area contributed by atoms with E-state index in [0.717, 1.165) is 32.6 Å². The first-order valence-corrected chi connectivity index (χ1v) is 7.13. The molecule has 7 nitrogen and oxygen atoms in total. The molecule has 1 aromatic heterocycles. The second kappa shape index (κ2) is 6.69. The van der Waals surface area contributed by atoms with E-state index in [2.05, 4.69) is 44.0 Å². The SMILES string of the molecule is CCNc1nc(OC)nc(N2CCCN(C)CC2C)n1. The second-order valence-corrected chi connectivity index (χ2v) is 5.13. The summed E-state index contributed by atoms with van der Waals surface area (Å²) in [6.07, 6.45) is 1.10. The van der Waals surface area contributed by atoms with Crippen molar-refractivity contribution in [1.29, 1.82) is 0 Å². The Morgan fingerprint density at radius 1 is 1.30 bits per heavy atom. The quantitative estimate of drug-likeness (QED) is 0.876. The molecule has 112 valence electrons. The summed E-state index contributed by atoms with van der Waals surface area (Å²) in [5.74, 6) is 1.26. The third-order valence-corrected chi connectivity index (χ3v) is 3.42. The molecule has 20 heavy (non-hydrogen) atoms. The zero-order valence-corrected chi connectivity index (χ0v) is 12.8. The average Bonchev–Trinajstić information content (AvgIpc) is 2.59. The van der Waals surface area contributed by atoms with Crippen molar-refractivity contribution in [3.8, 4) is 6.01 Å². The largest absolute Gasteiger partial charge is 0.467 e. The van der Waals surface area contributed by atoms with Crippen molar-refractivity contribution in [3.63, 3.8) is 0 Å². The molecule has 0 bridgehead atoms. The summed E-state index contributed by atoms with van der Waals surface area (Å²) in [6, 6.07) is 0.722. The lowest BCUT2D eigenvalue weighted by Gasteiger charge is -2.28. The van der Waals surface area contributed by atoms with Crippen LogP contribution in [0.4, 0.5) is 11.9 Å². The maximum absolute atomic E-state index is 5.18. The van der Waals surface area contributed by atoms with Crippen molar-refractivity contribution < 1.29 is 4.74 Å². The summed E-state index contributed by atoms with van der Waals surface area (Å²) >= 11 is 0. The number of anilines is 2. The number of likely N-dealkylation sites (N-methyl/N-ethyl adjacent to an activating group) is 1. The monoisotopic (exact) mass is 280 g/mol. The van der Waals surface area contributed by atoms with Gasteiger partial charge < -0.3 is 19.9 Å². The summed E-state index contributed by atoms with van der Waals surface area (Å²) in [5.41, 5.74) is 0. The predicted octanol–water partition coefficient (Wildman–Crippen LogP) is 0.842. The Morgan fingerprint density at radius 3 is 2.80 bits per heavy atom. The number of nitrogens with one attached hydrogen (secondary N) is 1. The maximum atomic E-state index is 5.18. The molecule has 2 rings (SSSR count). The van der Waals surface area contributed by atoms with Crippen LogP contribution in [0.2, 0.25) is 0 Å². The van der Waals surface area contributed by atoms with Crippen LogP contribution in [-0.2, 0) is 0 Å². The van der Waals surface area contributed by atoms with Crippen LogP contribution in [0.5, 0.6) is 6.01 Å². The summed E-state index contributed by atoms with van der Waals surface area (Å²) in [4.78, 5) is 17.7. The van der Waals surface area contributed by atoms with Gasteiger partial charge in [0.1, 0.15) is 0 Å². The van der Waals surface area contributed by atoms with Gasteiger partial charge in [-0.05, 0) is 33.9 Å². The minimum Gasteiger partial charge on any atom is -0.467 e. The maximum Gasteiger partial charge on any atom is 0.322 e. The third kappa shape index (κ3) is 3.47. The molecular formula is C13H24N6O. The fraction of sp³-hybridized carbons (Fsp3) is 0.769. The van der Waals surface area contributed by atoms with Gasteiger partial charge in [-0.1, -0.05) is 0 Å². The van der Waals surface area contributed by atoms with E-state index in [1.54, 1.807) is 7.11 Å². The molecular weight excluding hydrogens is 256 g/mol. The molecule has 7 heteroatoms. The van der Waals surface area contributed by atoms with Crippen LogP contribution in [0.1, 0.15) is 20.3 Å². The van der Waals surface area contributed by atoms with Crippen LogP contribution in [0.15, 0.2) is 0 Å². The van der Waals surface area contributed by atoms with Crippen molar-refractivity contribution in [1.82, 2.24) is 19.9 Å². The van der Waals surface area contributed by atoms with Gasteiger partial charge in [-0.25, -0.2) is 0 Å². The minimum absolute atomic E-state index is 0.357. The van der Waals surface area contributed by atoms with Crippen LogP contribution in [0.3, 0.4) is 0 Å². The number of hydrogen-bond acceptors (Lipinski definition) is 7. The number of methoxy groups -OCH3 is 1. The Kier molecular flexibility index (Phi) is 4.94. The number of nitrogens with zero attached hydrogens (tertiary/aromatic N) is 5. The van der Waals surface area contributed by atoms with Crippen molar-refractivity contribution >= 4 is 11.9 Å². The first-order chi connectivity index (χ1) is 9.63. The lowest BCUT2D eigenvalue weighted by Crippen LogP contribution is -2.39. The highest BCUT2D eigenvalue weighted by molar-refractivity contribution is 5.39. The van der Waals surface area contributed by atoms with Crippen LogP contribution in [0.25, 0.3) is 0 Å². The topological polar surface area (TPSA) is 66.4 Å². The van der Waals surface area contributed by atoms with E-state index in [1.807, 2.05) is 6.92 Å². The molecule has 0 spiro atoms. The molecule has 1 aliphatic rings. The average molecular weight is 280 g/mol. The Labute approximate surface area is 120 Å². The van der Waals surface area contributed by atoms with E-state index in [-0.39, 0.29) is 0 Å². The standard InChI is InChI=1S/C13H24N6O/c1-5-14-11-15-12(17-13(16-11)20-4)19-8-6-7-18(3)9-10(19)2/h10H,5-9H2,1-4H3,(H,14,15,16,17). The van der Waals surface area contributed by atoms with Gasteiger partial charge in [0, 0.05) is 25.7 Å². The molecule has 1 aromatic rings. The molecule has 1 atom stereocenters. The first kappa shape index (κ1) is 14.8. The van der Waals surface area contributed by atoms with Crippen molar-refractivity contribution in [2.75, 3.05) is 50.6 Å². The second-order valence-electron chi connectivity index (χ2n) is 5.13. The van der Waals surface area contributed by atoms with E-state index < -0.39 is 0 Å². The Balaban J connectivity index is 2.27. The Bertz CT molecular complexity index is 441. The molecule has 1 unspecified atom stereocenters. The fourth-order valence-electron chi connectivity index (χ4n) is 2.47. The Hall–Kier alpha value is -1.63. The van der Waals surface area contributed by atoms with E-state index >= 15 is 0 Å². The zero-order chi connectivity index (χ0) is 14.5. The molecule has 1 saturated heterocycles. The predicted molar refractivity (Wildman–Crippen MR) is 79.5 cm³/mol. The van der Waals surface area contributed by atoms with Crippen molar-refractivity contribution in [3.05, 3.63) is 0 Å². The van der Waals surface area contributed by atoms with Gasteiger partial charge >= 0.3 is 6.01 Å². The van der Waals surface area contributed by atoms with Gasteiger partial charge in [0.2, 0.25) is 11.9 Å². The highest BCUT2D eigenvalue weighted by atomic mass is 16.5. The number of ether oxygens (including phenoxy) is 1. The number of hydrogen-bond donors (Lipinski definition) is 1. The molecule has 0 aromatic carbocycles. The number of rotatable bonds is 4. The molecule has 0 radical (unpaired) electrons. The Morgan fingerprint density at radius 2 is 2.10 bits per heavy atom. The molecule has 1 fully saturated rings. The summed E-state index contributed by atoms with van der Waals surface area (Å²) in [6.45, 7) is 8.03. The van der Waals surface area contributed by atoms with E-state index in [4.69, 9.17) is 4.74 Å². The lowest BCUT2D eigenvalue weighted by molar-refractivity contribution is 0.336. The highest BCUT2D eigenvalue weighted by Crippen LogP contribution is 2.19. The zero-order valence-electron chi connectivity index (χ0n) is 12.8. The van der Waals surface area contributed by atoms with Crippen LogP contribution in [0, 0.1) is 0 Å². The molecule has 1 N–H and O–H groups in total. The summed E-state index contributed by atoms with van der Waals surface area (Å²) in [5, 5.41) is 3.12. The van der Waals surface area contributed by atoms with E-state index in [0.29, 0.717) is 23.9 Å². The summed E-state index contributed by atoms with van der Waals surface area (Å²) < 4.78 is 5.18. The highest BCUT2D eigenvalue weighted by Gasteiger charge is 2.23. The van der Waals surface area contributed by atoms with E-state index in [1.165, 1.54) is 0 Å². The molecule has 0 amide bonds. The fourth-order valence-corrected chi connectivity index (χ4v) is 2.47. The van der Waals surface area contributed by atoms with Gasteiger partial charge in [-0.3, -0.25) is 0 Å². The van der Waals surface area contributed by atoms with Gasteiger partial charge in [-0.15, -0.1) is 0 Å². The van der Waals surface area contributed by atoms with Gasteiger partial charge in [0.05, 0.1) is 7.11 Å². The van der Waals surface area contributed by atoms with Gasteiger partial charge in [-0.2, -0.15) is 15.0 Å². The van der Waals surface area contributed by atoms with Crippen molar-refractivity contribution in [2.45, 2.75) is 26.3 Å². The molecule has 1 aliphatic heterocycles. The normalized spacial score (nSPS) is 20.6. The minimum atomic E-state index is 0.357. The van der Waals surface area contributed by atoms with Crippen LogP contribution in [-0.4, -0.2) is 66.2 Å². The first-order valence-electron chi connectivity index (χ1n) is 7.13.